The number of nitrogens with one attached hydrogen (secondary N) is 1. The van der Waals surface area contributed by atoms with E-state index in [2.05, 4.69) is 19.2 Å². The number of carbonyl (C=O) groups is 1. The molecule has 2 rings (SSSR count). The van der Waals surface area contributed by atoms with Crippen molar-refractivity contribution in [1.29, 1.82) is 0 Å². The number of rotatable bonds is 48. The average Bonchev–Trinajstić information content (AvgIpc) is 3.38. The van der Waals surface area contributed by atoms with Gasteiger partial charge in [-0.05, 0) is 19.3 Å². The van der Waals surface area contributed by atoms with Gasteiger partial charge in [-0.25, -0.2) is 0 Å². The third-order valence-electron chi connectivity index (χ3n) is 15.0. The Hall–Kier alpha value is -1.27. The molecule has 0 saturated carbocycles. The van der Waals surface area contributed by atoms with Crippen molar-refractivity contribution < 1.29 is 64.6 Å². The molecule has 72 heavy (non-hydrogen) atoms. The Labute approximate surface area is 437 Å². The number of amides is 1. The largest absolute Gasteiger partial charge is 0.394 e. The summed E-state index contributed by atoms with van der Waals surface area (Å²) in [6.45, 7) is 2.78. The molecule has 0 aliphatic carbocycles. The van der Waals surface area contributed by atoms with E-state index in [1.54, 1.807) is 6.08 Å². The van der Waals surface area contributed by atoms with E-state index in [0.29, 0.717) is 6.42 Å². The molecule has 426 valence electrons. The van der Waals surface area contributed by atoms with Crippen molar-refractivity contribution in [2.24, 2.45) is 0 Å². The number of allylic oxidation sites excluding steroid dienone is 1. The maximum atomic E-state index is 13.2. The average molecular weight is 1030 g/mol. The van der Waals surface area contributed by atoms with Crippen LogP contribution < -0.4 is 5.32 Å². The van der Waals surface area contributed by atoms with Crippen LogP contribution >= 0.6 is 0 Å². The molecule has 0 aromatic rings. The Morgan fingerprint density at radius 2 is 0.861 bits per heavy atom. The molecule has 0 aromatic carbocycles. The highest BCUT2D eigenvalue weighted by Gasteiger charge is 2.51. The number of hydrogen-bond acceptors (Lipinski definition) is 13. The summed E-state index contributed by atoms with van der Waals surface area (Å²) in [5, 5.41) is 86.7. The van der Waals surface area contributed by atoms with E-state index < -0.39 is 86.8 Å². The highest BCUT2D eigenvalue weighted by Crippen LogP contribution is 2.30. The van der Waals surface area contributed by atoms with Crippen LogP contribution in [0.15, 0.2) is 12.2 Å². The van der Waals surface area contributed by atoms with E-state index in [9.17, 15) is 45.6 Å². The summed E-state index contributed by atoms with van der Waals surface area (Å²) >= 11 is 0. The molecule has 0 bridgehead atoms. The van der Waals surface area contributed by atoms with Gasteiger partial charge in [-0.15, -0.1) is 0 Å². The molecule has 0 spiro atoms. The summed E-state index contributed by atoms with van der Waals surface area (Å²) in [4.78, 5) is 13.2. The van der Waals surface area contributed by atoms with E-state index in [1.165, 1.54) is 193 Å². The number of ether oxygens (including phenoxy) is 4. The van der Waals surface area contributed by atoms with Gasteiger partial charge in [-0.2, -0.15) is 0 Å². The summed E-state index contributed by atoms with van der Waals surface area (Å²) in [6, 6.07) is -0.907. The van der Waals surface area contributed by atoms with Gasteiger partial charge in [-0.1, -0.05) is 244 Å². The summed E-state index contributed by atoms with van der Waals surface area (Å²) in [6.07, 6.45) is 34.4. The van der Waals surface area contributed by atoms with Gasteiger partial charge in [0.25, 0.3) is 0 Å². The van der Waals surface area contributed by atoms with Crippen molar-refractivity contribution in [3.8, 4) is 0 Å². The Bertz CT molecular complexity index is 1260. The number of aliphatic hydroxyl groups is 8. The molecule has 12 unspecified atom stereocenters. The van der Waals surface area contributed by atoms with E-state index >= 15 is 0 Å². The molecule has 12 atom stereocenters. The first-order valence-electron chi connectivity index (χ1n) is 29.9. The second kappa shape index (κ2) is 44.8. The van der Waals surface area contributed by atoms with Crippen molar-refractivity contribution in [2.45, 2.75) is 331 Å². The third kappa shape index (κ3) is 30.5. The zero-order valence-corrected chi connectivity index (χ0v) is 45.7. The fourth-order valence-electron chi connectivity index (χ4n) is 10.1. The standard InChI is InChI=1S/C58H111NO13/c1-3-5-7-9-11-13-14-15-16-17-18-19-20-21-22-23-24-25-26-27-28-29-30-31-32-34-36-38-40-42-50(63)59-46(47(62)41-39-37-35-33-12-10-8-6-4-2)45-69-57-55(68)53(66)56(49(44-61)71-57)72-58-54(67)52(65)51(64)48(43-60)70-58/h39,41,46-49,51-58,60-62,64-68H,3-38,40,42-45H2,1-2H3,(H,59,63)/b41-39+. The van der Waals surface area contributed by atoms with Crippen molar-refractivity contribution in [3.63, 3.8) is 0 Å². The van der Waals surface area contributed by atoms with Crippen LogP contribution in [0.25, 0.3) is 0 Å². The van der Waals surface area contributed by atoms with Crippen LogP contribution in [0.1, 0.15) is 258 Å². The van der Waals surface area contributed by atoms with Crippen LogP contribution in [0.5, 0.6) is 0 Å². The van der Waals surface area contributed by atoms with Crippen LogP contribution in [-0.4, -0.2) is 140 Å². The normalized spacial score (nSPS) is 25.6. The number of carbonyl (C=O) groups excluding carboxylic acids is 1. The zero-order valence-electron chi connectivity index (χ0n) is 45.7. The molecule has 14 nitrogen and oxygen atoms in total. The molecule has 14 heteroatoms. The molecule has 2 aliphatic rings. The second-order valence-corrected chi connectivity index (χ2v) is 21.5. The molecule has 2 heterocycles. The van der Waals surface area contributed by atoms with Gasteiger partial charge in [0.1, 0.15) is 48.8 Å². The van der Waals surface area contributed by atoms with Gasteiger partial charge in [0.05, 0.1) is 32.0 Å². The minimum Gasteiger partial charge on any atom is -0.394 e. The Kier molecular flexibility index (Phi) is 41.6. The number of hydrogen-bond donors (Lipinski definition) is 9. The van der Waals surface area contributed by atoms with Crippen molar-refractivity contribution in [2.75, 3.05) is 19.8 Å². The Morgan fingerprint density at radius 1 is 0.486 bits per heavy atom. The van der Waals surface area contributed by atoms with Gasteiger partial charge in [0, 0.05) is 6.42 Å². The lowest BCUT2D eigenvalue weighted by atomic mass is 9.97. The summed E-state index contributed by atoms with van der Waals surface area (Å²) in [7, 11) is 0. The number of unbranched alkanes of at least 4 members (excludes halogenated alkanes) is 35. The Balaban J connectivity index is 1.62. The lowest BCUT2D eigenvalue weighted by Crippen LogP contribution is -2.65. The Morgan fingerprint density at radius 3 is 1.28 bits per heavy atom. The van der Waals surface area contributed by atoms with Crippen LogP contribution in [0.3, 0.4) is 0 Å². The van der Waals surface area contributed by atoms with E-state index in [-0.39, 0.29) is 18.9 Å². The van der Waals surface area contributed by atoms with E-state index in [1.807, 2.05) is 6.08 Å². The zero-order chi connectivity index (χ0) is 52.4. The van der Waals surface area contributed by atoms with Gasteiger partial charge in [0.15, 0.2) is 12.6 Å². The molecular formula is C58H111NO13. The first-order valence-corrected chi connectivity index (χ1v) is 29.9. The van der Waals surface area contributed by atoms with Crippen LogP contribution in [0, 0.1) is 0 Å². The first kappa shape index (κ1) is 66.8. The van der Waals surface area contributed by atoms with Crippen LogP contribution in [-0.2, 0) is 23.7 Å². The predicted octanol–water partition coefficient (Wildman–Crippen LogP) is 9.89. The molecule has 2 saturated heterocycles. The monoisotopic (exact) mass is 1030 g/mol. The molecule has 0 radical (unpaired) electrons. The van der Waals surface area contributed by atoms with Gasteiger partial charge >= 0.3 is 0 Å². The fourth-order valence-corrected chi connectivity index (χ4v) is 10.1. The van der Waals surface area contributed by atoms with Gasteiger partial charge < -0.3 is 65.1 Å². The van der Waals surface area contributed by atoms with Crippen molar-refractivity contribution in [3.05, 3.63) is 12.2 Å². The fraction of sp³-hybridized carbons (Fsp3) is 0.948. The smallest absolute Gasteiger partial charge is 0.220 e. The topological polar surface area (TPSA) is 228 Å². The van der Waals surface area contributed by atoms with E-state index in [4.69, 9.17) is 18.9 Å². The maximum absolute atomic E-state index is 13.2. The molecule has 2 fully saturated rings. The minimum absolute atomic E-state index is 0.237. The summed E-state index contributed by atoms with van der Waals surface area (Å²) in [5.74, 6) is -0.237. The summed E-state index contributed by atoms with van der Waals surface area (Å²) < 4.78 is 22.7. The lowest BCUT2D eigenvalue weighted by Gasteiger charge is -2.46. The van der Waals surface area contributed by atoms with Crippen LogP contribution in [0.4, 0.5) is 0 Å². The maximum Gasteiger partial charge on any atom is 0.220 e. The van der Waals surface area contributed by atoms with Crippen molar-refractivity contribution >= 4 is 5.91 Å². The van der Waals surface area contributed by atoms with E-state index in [0.717, 1.165) is 38.5 Å². The quantitative estimate of drug-likeness (QED) is 0.0205. The van der Waals surface area contributed by atoms with Crippen molar-refractivity contribution in [1.82, 2.24) is 5.32 Å². The van der Waals surface area contributed by atoms with Gasteiger partial charge in [-0.3, -0.25) is 4.79 Å². The molecular weight excluding hydrogens is 919 g/mol. The molecule has 9 N–H and O–H groups in total. The highest BCUT2D eigenvalue weighted by molar-refractivity contribution is 5.76. The molecule has 1 amide bonds. The SMILES string of the molecule is CCCCCCCCC/C=C/C(O)C(COC1OC(CO)C(OC2OC(CO)C(O)C(O)C2O)C(O)C1O)NC(=O)CCCCCCCCCCCCCCCCCCCCCCCCCCCCCCC. The summed E-state index contributed by atoms with van der Waals surface area (Å²) in [5.41, 5.74) is 0. The third-order valence-corrected chi connectivity index (χ3v) is 15.0. The van der Waals surface area contributed by atoms with Gasteiger partial charge in [0.2, 0.25) is 5.91 Å². The minimum atomic E-state index is -1.78. The lowest BCUT2D eigenvalue weighted by molar-refractivity contribution is -0.359. The highest BCUT2D eigenvalue weighted by atomic mass is 16.7. The second-order valence-electron chi connectivity index (χ2n) is 21.5. The molecule has 0 aromatic heterocycles. The number of aliphatic hydroxyl groups excluding tert-OH is 8. The predicted molar refractivity (Wildman–Crippen MR) is 286 cm³/mol. The molecule has 2 aliphatic heterocycles. The van der Waals surface area contributed by atoms with Crippen LogP contribution in [0.2, 0.25) is 0 Å². The first-order chi connectivity index (χ1) is 35.1.